The number of carbonyl (C=O) groups excluding carboxylic acids is 2. The summed E-state index contributed by atoms with van der Waals surface area (Å²) in [4.78, 5) is 31.9. The molecule has 34 heavy (non-hydrogen) atoms. The van der Waals surface area contributed by atoms with Crippen LogP contribution in [0, 0.1) is 23.7 Å². The standard InChI is InChI=1S/C27H39N3O3S/c1-33-27(32)24-21-5-3-2-4-6-22(21)34-26(24)28-23(31)16-29-7-9-30(10-8-29)25-19-12-17-11-18(14-19)15-20(25)13-17/h17-20,25H,2-16H2,1H3,(H,28,31). The van der Waals surface area contributed by atoms with Gasteiger partial charge in [-0.3, -0.25) is 14.6 Å². The second kappa shape index (κ2) is 9.55. The van der Waals surface area contributed by atoms with Gasteiger partial charge in [-0.2, -0.15) is 0 Å². The summed E-state index contributed by atoms with van der Waals surface area (Å²) < 4.78 is 5.08. The molecule has 1 amide bonds. The van der Waals surface area contributed by atoms with Crippen molar-refractivity contribution in [2.24, 2.45) is 23.7 Å². The van der Waals surface area contributed by atoms with Crippen LogP contribution >= 0.6 is 11.3 Å². The predicted octanol–water partition coefficient (Wildman–Crippen LogP) is 4.18. The molecule has 2 heterocycles. The number of anilines is 1. The van der Waals surface area contributed by atoms with Gasteiger partial charge in [0.2, 0.25) is 5.91 Å². The van der Waals surface area contributed by atoms with Gasteiger partial charge in [0.1, 0.15) is 5.00 Å². The molecule has 6 aliphatic rings. The summed E-state index contributed by atoms with van der Waals surface area (Å²) in [5, 5.41) is 3.78. The van der Waals surface area contributed by atoms with Crippen LogP contribution < -0.4 is 5.32 Å². The lowest BCUT2D eigenvalue weighted by Gasteiger charge is -2.58. The topological polar surface area (TPSA) is 61.9 Å². The molecule has 0 spiro atoms. The van der Waals surface area contributed by atoms with Gasteiger partial charge in [-0.25, -0.2) is 4.79 Å². The number of fused-ring (bicyclic) bond motifs is 1. The van der Waals surface area contributed by atoms with Crippen molar-refractivity contribution < 1.29 is 14.3 Å². The summed E-state index contributed by atoms with van der Waals surface area (Å²) in [5.41, 5.74) is 1.71. The number of esters is 1. The molecule has 5 aliphatic carbocycles. The molecule has 0 unspecified atom stereocenters. The molecule has 6 nitrogen and oxygen atoms in total. The third kappa shape index (κ3) is 4.33. The molecule has 1 aromatic heterocycles. The highest BCUT2D eigenvalue weighted by Crippen LogP contribution is 2.55. The Kier molecular flexibility index (Phi) is 6.46. The minimum Gasteiger partial charge on any atom is -0.465 e. The molecular weight excluding hydrogens is 446 g/mol. The first-order valence-electron chi connectivity index (χ1n) is 13.6. The fourth-order valence-corrected chi connectivity index (χ4v) is 9.52. The highest BCUT2D eigenvalue weighted by Gasteiger charge is 2.50. The summed E-state index contributed by atoms with van der Waals surface area (Å²) in [5.74, 6) is 3.56. The fourth-order valence-electron chi connectivity index (χ4n) is 8.23. The van der Waals surface area contributed by atoms with Crippen LogP contribution in [0.4, 0.5) is 5.00 Å². The number of ether oxygens (including phenoxy) is 1. The van der Waals surface area contributed by atoms with Crippen LogP contribution in [0.25, 0.3) is 0 Å². The maximum atomic E-state index is 13.0. The molecule has 4 bridgehead atoms. The maximum absolute atomic E-state index is 13.0. The van der Waals surface area contributed by atoms with E-state index in [1.165, 1.54) is 50.5 Å². The van der Waals surface area contributed by atoms with Gasteiger partial charge in [0.15, 0.2) is 0 Å². The van der Waals surface area contributed by atoms with Crippen molar-refractivity contribution in [3.8, 4) is 0 Å². The van der Waals surface area contributed by atoms with E-state index < -0.39 is 0 Å². The Bertz CT molecular complexity index is 908. The van der Waals surface area contributed by atoms with E-state index in [0.717, 1.165) is 87.1 Å². The Balaban J connectivity index is 1.06. The number of thiophene rings is 1. The van der Waals surface area contributed by atoms with E-state index in [9.17, 15) is 9.59 Å². The van der Waals surface area contributed by atoms with Crippen LogP contribution in [0.1, 0.15) is 72.2 Å². The molecule has 186 valence electrons. The first-order chi connectivity index (χ1) is 16.6. The molecule has 1 saturated heterocycles. The van der Waals surface area contributed by atoms with Gasteiger partial charge in [0.05, 0.1) is 19.2 Å². The zero-order valence-electron chi connectivity index (χ0n) is 20.5. The number of hydrogen-bond acceptors (Lipinski definition) is 6. The molecule has 1 N–H and O–H groups in total. The van der Waals surface area contributed by atoms with E-state index in [0.29, 0.717) is 17.1 Å². The minimum absolute atomic E-state index is 0.00960. The van der Waals surface area contributed by atoms with Crippen molar-refractivity contribution in [3.63, 3.8) is 0 Å². The lowest BCUT2D eigenvalue weighted by molar-refractivity contribution is -0.118. The van der Waals surface area contributed by atoms with Crippen LogP contribution in [0.5, 0.6) is 0 Å². The van der Waals surface area contributed by atoms with Crippen LogP contribution in [-0.2, 0) is 22.4 Å². The third-order valence-corrected chi connectivity index (χ3v) is 10.6. The van der Waals surface area contributed by atoms with Crippen LogP contribution in [-0.4, -0.2) is 67.6 Å². The number of nitrogens with one attached hydrogen (secondary N) is 1. The molecule has 0 aromatic carbocycles. The number of nitrogens with zero attached hydrogens (tertiary/aromatic N) is 2. The fraction of sp³-hybridized carbons (Fsp3) is 0.778. The molecule has 1 aliphatic heterocycles. The average Bonchev–Trinajstić information content (AvgIpc) is 2.99. The van der Waals surface area contributed by atoms with Gasteiger partial charge in [0.25, 0.3) is 0 Å². The number of piperazine rings is 1. The molecule has 0 atom stereocenters. The van der Waals surface area contributed by atoms with E-state index in [2.05, 4.69) is 15.1 Å². The van der Waals surface area contributed by atoms with E-state index in [4.69, 9.17) is 4.74 Å². The van der Waals surface area contributed by atoms with E-state index >= 15 is 0 Å². The zero-order valence-corrected chi connectivity index (χ0v) is 21.3. The Labute approximate surface area is 207 Å². The highest BCUT2D eigenvalue weighted by atomic mass is 32.1. The lowest BCUT2D eigenvalue weighted by Crippen LogP contribution is -2.60. The average molecular weight is 486 g/mol. The predicted molar refractivity (Wildman–Crippen MR) is 134 cm³/mol. The van der Waals surface area contributed by atoms with Gasteiger partial charge in [-0.15, -0.1) is 11.3 Å². The van der Waals surface area contributed by atoms with Crippen LogP contribution in [0.3, 0.4) is 0 Å². The SMILES string of the molecule is COC(=O)c1c(NC(=O)CN2CCN(C3C4CC5CC(C4)CC3C5)CC2)sc2c1CCCCC2. The van der Waals surface area contributed by atoms with Gasteiger partial charge >= 0.3 is 5.97 Å². The van der Waals surface area contributed by atoms with Gasteiger partial charge < -0.3 is 10.1 Å². The monoisotopic (exact) mass is 485 g/mol. The highest BCUT2D eigenvalue weighted by molar-refractivity contribution is 7.17. The van der Waals surface area contributed by atoms with Crippen LogP contribution in [0.2, 0.25) is 0 Å². The number of amides is 1. The van der Waals surface area contributed by atoms with Crippen molar-refractivity contribution in [2.75, 3.05) is 45.2 Å². The van der Waals surface area contributed by atoms with Crippen molar-refractivity contribution in [2.45, 2.75) is 70.3 Å². The maximum Gasteiger partial charge on any atom is 0.341 e. The number of carbonyl (C=O) groups is 2. The first kappa shape index (κ1) is 23.0. The van der Waals surface area contributed by atoms with Gasteiger partial charge in [0, 0.05) is 37.1 Å². The normalized spacial score (nSPS) is 33.4. The zero-order chi connectivity index (χ0) is 23.2. The molecule has 5 fully saturated rings. The Morgan fingerprint density at radius 1 is 0.941 bits per heavy atom. The second-order valence-electron chi connectivity index (χ2n) is 11.5. The smallest absolute Gasteiger partial charge is 0.341 e. The molecule has 7 rings (SSSR count). The first-order valence-corrected chi connectivity index (χ1v) is 14.4. The third-order valence-electron chi connectivity index (χ3n) is 9.44. The number of aryl methyl sites for hydroxylation is 1. The van der Waals surface area contributed by atoms with Crippen molar-refractivity contribution in [1.82, 2.24) is 9.80 Å². The van der Waals surface area contributed by atoms with E-state index in [1.807, 2.05) is 0 Å². The lowest BCUT2D eigenvalue weighted by atomic mass is 9.54. The number of hydrogen-bond donors (Lipinski definition) is 1. The molecule has 4 saturated carbocycles. The van der Waals surface area contributed by atoms with Crippen molar-refractivity contribution >= 4 is 28.2 Å². The summed E-state index contributed by atoms with van der Waals surface area (Å²) in [6.45, 7) is 4.49. The van der Waals surface area contributed by atoms with Gasteiger partial charge in [-0.1, -0.05) is 6.42 Å². The Hall–Kier alpha value is -1.44. The Morgan fingerprint density at radius 3 is 2.29 bits per heavy atom. The summed E-state index contributed by atoms with van der Waals surface area (Å²) in [6.07, 6.45) is 12.7. The summed E-state index contributed by atoms with van der Waals surface area (Å²) in [7, 11) is 1.43. The molecule has 0 radical (unpaired) electrons. The minimum atomic E-state index is -0.320. The molecular formula is C27H39N3O3S. The number of rotatable bonds is 5. The van der Waals surface area contributed by atoms with Crippen molar-refractivity contribution in [3.05, 3.63) is 16.0 Å². The number of methoxy groups -OCH3 is 1. The van der Waals surface area contributed by atoms with Crippen LogP contribution in [0.15, 0.2) is 0 Å². The summed E-state index contributed by atoms with van der Waals surface area (Å²) >= 11 is 1.58. The molecule has 1 aromatic rings. The van der Waals surface area contributed by atoms with Crippen molar-refractivity contribution in [1.29, 1.82) is 0 Å². The Morgan fingerprint density at radius 2 is 1.62 bits per heavy atom. The van der Waals surface area contributed by atoms with E-state index in [-0.39, 0.29) is 11.9 Å². The van der Waals surface area contributed by atoms with Gasteiger partial charge in [-0.05, 0) is 87.0 Å². The molecule has 7 heteroatoms. The summed E-state index contributed by atoms with van der Waals surface area (Å²) in [6, 6.07) is 0.799. The largest absolute Gasteiger partial charge is 0.465 e. The second-order valence-corrected chi connectivity index (χ2v) is 12.6. The quantitative estimate of drug-likeness (QED) is 0.501. The van der Waals surface area contributed by atoms with E-state index in [1.54, 1.807) is 11.3 Å².